The van der Waals surface area contributed by atoms with Crippen molar-refractivity contribution in [2.45, 2.75) is 10.6 Å². The molecular formula is C14H8Br2F2O2S. The summed E-state index contributed by atoms with van der Waals surface area (Å²) in [6, 6.07) is 7.13. The second-order valence-corrected chi connectivity index (χ2v) is 6.84. The van der Waals surface area contributed by atoms with Gasteiger partial charge < -0.3 is 5.11 Å². The van der Waals surface area contributed by atoms with E-state index in [1.165, 1.54) is 18.2 Å². The first kappa shape index (κ1) is 16.5. The third-order valence-electron chi connectivity index (χ3n) is 2.68. The van der Waals surface area contributed by atoms with E-state index in [9.17, 15) is 13.6 Å². The smallest absolute Gasteiger partial charge is 0.336 e. The number of halogens is 4. The van der Waals surface area contributed by atoms with E-state index in [0.29, 0.717) is 9.37 Å². The molecule has 110 valence electrons. The molecule has 0 saturated heterocycles. The molecule has 0 amide bonds. The molecule has 0 aliphatic heterocycles. The molecule has 0 aromatic heterocycles. The molecule has 0 aliphatic carbocycles. The highest BCUT2D eigenvalue weighted by molar-refractivity contribution is 9.10. The highest BCUT2D eigenvalue weighted by atomic mass is 79.9. The van der Waals surface area contributed by atoms with Crippen LogP contribution >= 0.6 is 43.6 Å². The van der Waals surface area contributed by atoms with Gasteiger partial charge in [-0.05, 0) is 46.3 Å². The summed E-state index contributed by atoms with van der Waals surface area (Å²) in [6.07, 6.45) is 0. The fraction of sp³-hybridized carbons (Fsp3) is 0.0714. The number of carbonyl (C=O) groups is 1. The number of rotatable bonds is 4. The lowest BCUT2D eigenvalue weighted by molar-refractivity contribution is 0.0693. The van der Waals surface area contributed by atoms with Gasteiger partial charge in [-0.1, -0.05) is 15.9 Å². The third kappa shape index (κ3) is 3.84. The SMILES string of the molecule is O=C(O)c1ccc(Br)cc1SCc1c(F)ccc(Br)c1F. The second kappa shape index (κ2) is 6.89. The maximum absolute atomic E-state index is 13.9. The molecule has 0 heterocycles. The summed E-state index contributed by atoms with van der Waals surface area (Å²) in [6.45, 7) is 0. The number of aromatic carboxylic acids is 1. The summed E-state index contributed by atoms with van der Waals surface area (Å²) < 4.78 is 28.4. The van der Waals surface area contributed by atoms with Crippen molar-refractivity contribution in [3.63, 3.8) is 0 Å². The topological polar surface area (TPSA) is 37.3 Å². The Balaban J connectivity index is 2.31. The Labute approximate surface area is 140 Å². The summed E-state index contributed by atoms with van der Waals surface area (Å²) in [5.74, 6) is -2.42. The predicted molar refractivity (Wildman–Crippen MR) is 84.7 cm³/mol. The predicted octanol–water partition coefficient (Wildman–Crippen LogP) is 5.48. The molecule has 0 saturated carbocycles. The van der Waals surface area contributed by atoms with Crippen LogP contribution in [0.15, 0.2) is 44.2 Å². The number of carboxylic acids is 1. The molecule has 21 heavy (non-hydrogen) atoms. The van der Waals surface area contributed by atoms with E-state index in [0.717, 1.165) is 11.8 Å². The number of benzene rings is 2. The van der Waals surface area contributed by atoms with Gasteiger partial charge in [0.1, 0.15) is 11.6 Å². The normalized spacial score (nSPS) is 10.7. The highest BCUT2D eigenvalue weighted by Gasteiger charge is 2.15. The largest absolute Gasteiger partial charge is 0.478 e. The number of carboxylic acid groups (broad SMARTS) is 1. The van der Waals surface area contributed by atoms with Gasteiger partial charge in [-0.3, -0.25) is 0 Å². The summed E-state index contributed by atoms with van der Waals surface area (Å²) in [7, 11) is 0. The summed E-state index contributed by atoms with van der Waals surface area (Å²) >= 11 is 7.32. The van der Waals surface area contributed by atoms with Crippen molar-refractivity contribution in [1.29, 1.82) is 0 Å². The van der Waals surface area contributed by atoms with Crippen molar-refractivity contribution in [2.24, 2.45) is 0 Å². The Morgan fingerprint density at radius 1 is 1.19 bits per heavy atom. The summed E-state index contributed by atoms with van der Waals surface area (Å²) in [5, 5.41) is 9.12. The zero-order valence-electron chi connectivity index (χ0n) is 10.4. The first-order valence-electron chi connectivity index (χ1n) is 5.68. The Morgan fingerprint density at radius 2 is 1.90 bits per heavy atom. The zero-order valence-corrected chi connectivity index (χ0v) is 14.4. The van der Waals surface area contributed by atoms with Crippen LogP contribution in [0, 0.1) is 11.6 Å². The van der Waals surface area contributed by atoms with Crippen LogP contribution in [-0.4, -0.2) is 11.1 Å². The molecular weight excluding hydrogens is 430 g/mol. The molecule has 2 aromatic rings. The average molecular weight is 438 g/mol. The van der Waals surface area contributed by atoms with E-state index in [4.69, 9.17) is 5.11 Å². The van der Waals surface area contributed by atoms with Crippen LogP contribution < -0.4 is 0 Å². The van der Waals surface area contributed by atoms with Crippen molar-refractivity contribution in [1.82, 2.24) is 0 Å². The van der Waals surface area contributed by atoms with E-state index in [1.54, 1.807) is 12.1 Å². The Hall–Kier alpha value is -0.920. The molecule has 0 radical (unpaired) electrons. The molecule has 0 unspecified atom stereocenters. The number of thioether (sulfide) groups is 1. The maximum atomic E-state index is 13.9. The molecule has 0 bridgehead atoms. The monoisotopic (exact) mass is 436 g/mol. The third-order valence-corrected chi connectivity index (χ3v) is 4.87. The average Bonchev–Trinajstić information content (AvgIpc) is 2.43. The standard InChI is InChI=1S/C14H8Br2F2O2S/c15-7-1-2-8(14(19)20)12(5-7)21-6-9-11(17)4-3-10(16)13(9)18/h1-5H,6H2,(H,19,20). The molecule has 2 rings (SSSR count). The van der Waals surface area contributed by atoms with Crippen molar-refractivity contribution < 1.29 is 18.7 Å². The Bertz CT molecular complexity index is 708. The number of hydrogen-bond acceptors (Lipinski definition) is 2. The minimum absolute atomic E-state index is 0.00611. The van der Waals surface area contributed by atoms with Crippen LogP contribution in [0.1, 0.15) is 15.9 Å². The lowest BCUT2D eigenvalue weighted by Crippen LogP contribution is -2.00. The van der Waals surface area contributed by atoms with Crippen molar-refractivity contribution in [3.05, 3.63) is 62.0 Å². The molecule has 7 heteroatoms. The lowest BCUT2D eigenvalue weighted by atomic mass is 10.2. The maximum Gasteiger partial charge on any atom is 0.336 e. The van der Waals surface area contributed by atoms with Crippen LogP contribution in [0.5, 0.6) is 0 Å². The van der Waals surface area contributed by atoms with Gasteiger partial charge >= 0.3 is 5.97 Å². The van der Waals surface area contributed by atoms with Crippen LogP contribution in [0.4, 0.5) is 8.78 Å². The molecule has 1 N–H and O–H groups in total. The van der Waals surface area contributed by atoms with Crippen LogP contribution in [0.3, 0.4) is 0 Å². The van der Waals surface area contributed by atoms with E-state index < -0.39 is 17.6 Å². The van der Waals surface area contributed by atoms with Gasteiger partial charge in [-0.15, -0.1) is 11.8 Å². The lowest BCUT2D eigenvalue weighted by Gasteiger charge is -2.09. The number of hydrogen-bond donors (Lipinski definition) is 1. The van der Waals surface area contributed by atoms with Gasteiger partial charge in [0.05, 0.1) is 10.0 Å². The van der Waals surface area contributed by atoms with Crippen LogP contribution in [0.25, 0.3) is 0 Å². The van der Waals surface area contributed by atoms with E-state index in [-0.39, 0.29) is 21.4 Å². The van der Waals surface area contributed by atoms with E-state index >= 15 is 0 Å². The molecule has 2 aromatic carbocycles. The Kier molecular flexibility index (Phi) is 5.40. The van der Waals surface area contributed by atoms with Crippen molar-refractivity contribution in [2.75, 3.05) is 0 Å². The Morgan fingerprint density at radius 3 is 2.57 bits per heavy atom. The van der Waals surface area contributed by atoms with Gasteiger partial charge in [-0.2, -0.15) is 0 Å². The van der Waals surface area contributed by atoms with Crippen LogP contribution in [0.2, 0.25) is 0 Å². The quantitative estimate of drug-likeness (QED) is 0.508. The van der Waals surface area contributed by atoms with E-state index in [2.05, 4.69) is 31.9 Å². The fourth-order valence-corrected chi connectivity index (χ4v) is 3.61. The summed E-state index contributed by atoms with van der Waals surface area (Å²) in [5.41, 5.74) is 0.00435. The minimum atomic E-state index is -1.08. The van der Waals surface area contributed by atoms with Crippen molar-refractivity contribution >= 4 is 49.6 Å². The second-order valence-electron chi connectivity index (χ2n) is 4.06. The zero-order chi connectivity index (χ0) is 15.6. The molecule has 0 aliphatic rings. The highest BCUT2D eigenvalue weighted by Crippen LogP contribution is 2.32. The minimum Gasteiger partial charge on any atom is -0.478 e. The van der Waals surface area contributed by atoms with Gasteiger partial charge in [-0.25, -0.2) is 13.6 Å². The van der Waals surface area contributed by atoms with Gasteiger partial charge in [0.15, 0.2) is 0 Å². The molecule has 0 atom stereocenters. The van der Waals surface area contributed by atoms with E-state index in [1.807, 2.05) is 0 Å². The van der Waals surface area contributed by atoms with Gasteiger partial charge in [0.2, 0.25) is 0 Å². The first-order chi connectivity index (χ1) is 9.90. The first-order valence-corrected chi connectivity index (χ1v) is 8.25. The van der Waals surface area contributed by atoms with Gasteiger partial charge in [0.25, 0.3) is 0 Å². The van der Waals surface area contributed by atoms with Crippen LogP contribution in [-0.2, 0) is 5.75 Å². The van der Waals surface area contributed by atoms with Crippen molar-refractivity contribution in [3.8, 4) is 0 Å². The summed E-state index contributed by atoms with van der Waals surface area (Å²) in [4.78, 5) is 11.6. The molecule has 0 fully saturated rings. The molecule has 2 nitrogen and oxygen atoms in total. The van der Waals surface area contributed by atoms with Gasteiger partial charge in [0, 0.05) is 20.7 Å². The molecule has 0 spiro atoms. The fourth-order valence-electron chi connectivity index (χ4n) is 1.64.